The van der Waals surface area contributed by atoms with Gasteiger partial charge in [0.25, 0.3) is 5.91 Å². The van der Waals surface area contributed by atoms with Crippen molar-refractivity contribution < 1.29 is 14.2 Å². The molecule has 0 bridgehead atoms. The van der Waals surface area contributed by atoms with E-state index in [1.54, 1.807) is 24.3 Å². The Balaban J connectivity index is 1.72. The Morgan fingerprint density at radius 1 is 1.12 bits per heavy atom. The van der Waals surface area contributed by atoms with Gasteiger partial charge in [-0.1, -0.05) is 42.5 Å². The molecule has 0 aliphatic heterocycles. The van der Waals surface area contributed by atoms with Gasteiger partial charge >= 0.3 is 0 Å². The maximum atomic E-state index is 13.1. The summed E-state index contributed by atoms with van der Waals surface area (Å²) in [6, 6.07) is 16.7. The van der Waals surface area contributed by atoms with Crippen molar-refractivity contribution in [2.75, 3.05) is 12.3 Å². The number of carbonyl (C=O) groups excluding carboxylic acids is 1. The van der Waals surface area contributed by atoms with Gasteiger partial charge in [-0.2, -0.15) is 9.78 Å². The summed E-state index contributed by atoms with van der Waals surface area (Å²) in [5, 5.41) is 19.8. The average molecular weight is 446 g/mol. The number of aromatic nitrogens is 5. The zero-order valence-corrected chi connectivity index (χ0v) is 18.1. The van der Waals surface area contributed by atoms with Crippen LogP contribution in [0.15, 0.2) is 64.3 Å². The highest BCUT2D eigenvalue weighted by Crippen LogP contribution is 2.28. The number of amides is 1. The molecule has 0 unspecified atom stereocenters. The molecule has 0 aliphatic carbocycles. The van der Waals surface area contributed by atoms with Crippen molar-refractivity contribution in [1.82, 2.24) is 30.7 Å². The molecular weight excluding hydrogens is 424 g/mol. The summed E-state index contributed by atoms with van der Waals surface area (Å²) >= 11 is 0. The number of nitrogens with one attached hydrogen (secondary N) is 1. The third-order valence-corrected chi connectivity index (χ3v) is 4.75. The van der Waals surface area contributed by atoms with Crippen LogP contribution in [0.4, 0.5) is 5.82 Å². The summed E-state index contributed by atoms with van der Waals surface area (Å²) in [5.74, 6) is 0.276. The van der Waals surface area contributed by atoms with Gasteiger partial charge in [0.2, 0.25) is 11.6 Å². The molecule has 1 amide bonds. The van der Waals surface area contributed by atoms with Crippen molar-refractivity contribution in [2.45, 2.75) is 20.3 Å². The smallest absolute Gasteiger partial charge is 0.294 e. The predicted molar refractivity (Wildman–Crippen MR) is 121 cm³/mol. The molecule has 33 heavy (non-hydrogen) atoms. The van der Waals surface area contributed by atoms with E-state index in [2.05, 4.69) is 31.2 Å². The lowest BCUT2D eigenvalue weighted by Crippen LogP contribution is -2.21. The van der Waals surface area contributed by atoms with E-state index in [9.17, 15) is 4.79 Å². The minimum absolute atomic E-state index is 0.00872. The number of ether oxygens (including phenoxy) is 1. The molecule has 11 nitrogen and oxygen atoms in total. The standard InChI is InChI=1S/C22H22N8O3/c1-3-17(14-8-6-5-7-9-14)24-26-22(31)18-19(15-10-12-16(13-11-15)32-4-2)30(29-25-18)21-20(23)27-33-28-21/h5-13H,3-4H2,1-2H3,(H2,23,27)(H,26,31)/b24-17+. The van der Waals surface area contributed by atoms with Crippen molar-refractivity contribution in [1.29, 1.82) is 0 Å². The van der Waals surface area contributed by atoms with E-state index < -0.39 is 5.91 Å². The molecular formula is C22H22N8O3. The van der Waals surface area contributed by atoms with E-state index >= 15 is 0 Å². The van der Waals surface area contributed by atoms with Crippen LogP contribution in [-0.4, -0.2) is 43.5 Å². The quantitative estimate of drug-likeness (QED) is 0.310. The van der Waals surface area contributed by atoms with Crippen LogP contribution in [0.3, 0.4) is 0 Å². The second-order valence-electron chi connectivity index (χ2n) is 6.85. The van der Waals surface area contributed by atoms with E-state index in [0.29, 0.717) is 30.0 Å². The molecule has 2 aromatic heterocycles. The van der Waals surface area contributed by atoms with Crippen LogP contribution in [0, 0.1) is 0 Å². The molecule has 11 heteroatoms. The van der Waals surface area contributed by atoms with Crippen LogP contribution in [0.5, 0.6) is 5.75 Å². The van der Waals surface area contributed by atoms with Crippen molar-refractivity contribution in [2.24, 2.45) is 5.10 Å². The first-order valence-corrected chi connectivity index (χ1v) is 10.3. The number of hydrazone groups is 1. The molecule has 4 rings (SSSR count). The monoisotopic (exact) mass is 446 g/mol. The van der Waals surface area contributed by atoms with Crippen LogP contribution in [0.2, 0.25) is 0 Å². The molecule has 0 fully saturated rings. The summed E-state index contributed by atoms with van der Waals surface area (Å²) in [4.78, 5) is 13.1. The Morgan fingerprint density at radius 2 is 1.88 bits per heavy atom. The van der Waals surface area contributed by atoms with Crippen LogP contribution in [-0.2, 0) is 0 Å². The van der Waals surface area contributed by atoms with Gasteiger partial charge in [0.05, 0.1) is 12.3 Å². The summed E-state index contributed by atoms with van der Waals surface area (Å²) < 4.78 is 11.5. The lowest BCUT2D eigenvalue weighted by molar-refractivity contribution is 0.0950. The van der Waals surface area contributed by atoms with Crippen LogP contribution in [0.1, 0.15) is 36.3 Å². The fraction of sp³-hybridized carbons (Fsp3) is 0.182. The SMILES string of the molecule is CCOc1ccc(-c2c(C(=O)N/N=C(\CC)c3ccccc3)nnn2-c2nonc2N)cc1. The first-order chi connectivity index (χ1) is 16.1. The number of nitrogen functional groups attached to an aromatic ring is 1. The first-order valence-electron chi connectivity index (χ1n) is 10.3. The van der Waals surface area contributed by atoms with Gasteiger partial charge < -0.3 is 10.5 Å². The van der Waals surface area contributed by atoms with E-state index in [1.807, 2.05) is 44.2 Å². The van der Waals surface area contributed by atoms with Crippen LogP contribution < -0.4 is 15.9 Å². The second kappa shape index (κ2) is 9.73. The highest BCUT2D eigenvalue weighted by Gasteiger charge is 2.25. The van der Waals surface area contributed by atoms with Crippen molar-refractivity contribution in [3.8, 4) is 22.8 Å². The normalized spacial score (nSPS) is 11.4. The van der Waals surface area contributed by atoms with E-state index in [-0.39, 0.29) is 17.3 Å². The van der Waals surface area contributed by atoms with Gasteiger partial charge in [0, 0.05) is 5.56 Å². The van der Waals surface area contributed by atoms with Gasteiger partial charge in [-0.05, 0) is 53.5 Å². The van der Waals surface area contributed by atoms with E-state index in [0.717, 1.165) is 11.3 Å². The minimum atomic E-state index is -0.540. The number of benzene rings is 2. The summed E-state index contributed by atoms with van der Waals surface area (Å²) in [5.41, 5.74) is 11.1. The molecule has 0 saturated heterocycles. The highest BCUT2D eigenvalue weighted by molar-refractivity contribution is 6.03. The Kier molecular flexibility index (Phi) is 6.39. The molecule has 0 radical (unpaired) electrons. The van der Waals surface area contributed by atoms with Gasteiger partial charge in [0.1, 0.15) is 11.4 Å². The first kappa shape index (κ1) is 21.7. The van der Waals surface area contributed by atoms with Gasteiger partial charge in [0.15, 0.2) is 5.69 Å². The lowest BCUT2D eigenvalue weighted by Gasteiger charge is -2.08. The van der Waals surface area contributed by atoms with Crippen molar-refractivity contribution >= 4 is 17.4 Å². The second-order valence-corrected chi connectivity index (χ2v) is 6.85. The maximum absolute atomic E-state index is 13.1. The number of rotatable bonds is 8. The molecule has 0 aliphatic rings. The third-order valence-electron chi connectivity index (χ3n) is 4.75. The maximum Gasteiger partial charge on any atom is 0.294 e. The van der Waals surface area contributed by atoms with Gasteiger partial charge in [-0.25, -0.2) is 10.1 Å². The largest absolute Gasteiger partial charge is 0.494 e. The summed E-state index contributed by atoms with van der Waals surface area (Å²) in [6.45, 7) is 4.39. The molecule has 0 spiro atoms. The van der Waals surface area contributed by atoms with Crippen molar-refractivity contribution in [3.05, 3.63) is 65.9 Å². The number of nitrogens with two attached hydrogens (primary N) is 1. The fourth-order valence-electron chi connectivity index (χ4n) is 3.21. The number of carbonyl (C=O) groups is 1. The zero-order chi connectivity index (χ0) is 23.2. The highest BCUT2D eigenvalue weighted by atomic mass is 16.6. The molecule has 2 aromatic carbocycles. The Labute approximate surface area is 189 Å². The van der Waals surface area contributed by atoms with Gasteiger partial charge in [-0.15, -0.1) is 5.10 Å². The third kappa shape index (κ3) is 4.56. The molecule has 168 valence electrons. The van der Waals surface area contributed by atoms with E-state index in [4.69, 9.17) is 15.1 Å². The number of hydrogen-bond acceptors (Lipinski definition) is 9. The Morgan fingerprint density at radius 3 is 2.52 bits per heavy atom. The molecule has 0 atom stereocenters. The molecule has 3 N–H and O–H groups in total. The lowest BCUT2D eigenvalue weighted by atomic mass is 10.1. The number of hydrogen-bond donors (Lipinski definition) is 2. The fourth-order valence-corrected chi connectivity index (χ4v) is 3.21. The molecule has 2 heterocycles. The summed E-state index contributed by atoms with van der Waals surface area (Å²) in [7, 11) is 0. The zero-order valence-electron chi connectivity index (χ0n) is 18.1. The van der Waals surface area contributed by atoms with Crippen LogP contribution >= 0.6 is 0 Å². The van der Waals surface area contributed by atoms with Crippen molar-refractivity contribution in [3.63, 3.8) is 0 Å². The Hall–Kier alpha value is -4.54. The summed E-state index contributed by atoms with van der Waals surface area (Å²) in [6.07, 6.45) is 0.629. The topological polar surface area (TPSA) is 146 Å². The average Bonchev–Trinajstić information content (AvgIpc) is 3.47. The number of anilines is 1. The predicted octanol–water partition coefficient (Wildman–Crippen LogP) is 2.84. The Bertz CT molecular complexity index is 1260. The van der Waals surface area contributed by atoms with Crippen LogP contribution in [0.25, 0.3) is 17.1 Å². The minimum Gasteiger partial charge on any atom is -0.494 e. The van der Waals surface area contributed by atoms with Gasteiger partial charge in [-0.3, -0.25) is 4.79 Å². The molecule has 4 aromatic rings. The number of nitrogens with zero attached hydrogens (tertiary/aromatic N) is 6. The van der Waals surface area contributed by atoms with E-state index in [1.165, 1.54) is 4.68 Å². The molecule has 0 saturated carbocycles.